The number of pyridine rings is 2. The van der Waals surface area contributed by atoms with E-state index in [0.29, 0.717) is 58.7 Å². The van der Waals surface area contributed by atoms with Crippen LogP contribution in [0.1, 0.15) is 43.4 Å². The van der Waals surface area contributed by atoms with Crippen LogP contribution in [0.2, 0.25) is 0 Å². The van der Waals surface area contributed by atoms with Crippen LogP contribution in [0.15, 0.2) is 48.7 Å². The van der Waals surface area contributed by atoms with Gasteiger partial charge in [-0.05, 0) is 56.0 Å². The highest BCUT2D eigenvalue weighted by Crippen LogP contribution is 2.45. The highest BCUT2D eigenvalue weighted by Gasteiger charge is 2.49. The lowest BCUT2D eigenvalue weighted by atomic mass is 9.95. The second kappa shape index (κ2) is 11.5. The van der Waals surface area contributed by atoms with E-state index in [1.54, 1.807) is 24.4 Å². The van der Waals surface area contributed by atoms with Crippen LogP contribution in [0.3, 0.4) is 0 Å². The fourth-order valence-corrected chi connectivity index (χ4v) is 7.74. The van der Waals surface area contributed by atoms with Gasteiger partial charge in [0.2, 0.25) is 5.88 Å². The van der Waals surface area contributed by atoms with Gasteiger partial charge in [0.05, 0.1) is 18.1 Å². The normalized spacial score (nSPS) is 21.1. The Kier molecular flexibility index (Phi) is 7.18. The molecule has 244 valence electrons. The summed E-state index contributed by atoms with van der Waals surface area (Å²) in [5.74, 6) is 2.93. The second-order valence-corrected chi connectivity index (χ2v) is 12.8. The molecule has 12 heteroatoms. The smallest absolute Gasteiger partial charge is 0.319 e. The van der Waals surface area contributed by atoms with E-state index in [9.17, 15) is 4.39 Å². The van der Waals surface area contributed by atoms with Gasteiger partial charge < -0.3 is 25.8 Å². The Balaban J connectivity index is 1.33. The molecule has 0 saturated carbocycles. The number of nitrogen functional groups attached to an aromatic ring is 2. The molecule has 0 aliphatic carbocycles. The number of halogens is 2. The Morgan fingerprint density at radius 1 is 1.15 bits per heavy atom. The number of hydrogen-bond donors (Lipinski definition) is 2. The van der Waals surface area contributed by atoms with E-state index in [1.807, 2.05) is 36.1 Å². The number of hydrogen-bond acceptors (Lipinski definition) is 10. The third kappa shape index (κ3) is 4.80. The number of ether oxygens (including phenoxy) is 2. The zero-order chi connectivity index (χ0) is 33.2. The SMILES string of the molecule is C#Cc1cccc2cc(N)cc(-c3nc4c5c(nc(OC[C@@]67CCCN6C[C@H](F)C7)nc5c3F)N([C@H](C)c3cccnc3N)CCO4)c12. The maximum atomic E-state index is 17.1. The minimum Gasteiger partial charge on any atom is -0.475 e. The molecule has 0 bridgehead atoms. The molecule has 0 amide bonds. The molecule has 3 aromatic heterocycles. The number of fused-ring (bicyclic) bond motifs is 2. The van der Waals surface area contributed by atoms with Crippen LogP contribution < -0.4 is 25.8 Å². The summed E-state index contributed by atoms with van der Waals surface area (Å²) in [6.45, 7) is 3.93. The minimum atomic E-state index is -0.927. The van der Waals surface area contributed by atoms with Crippen LogP contribution in [0, 0.1) is 18.2 Å². The molecular weight excluding hydrogens is 614 g/mol. The quantitative estimate of drug-likeness (QED) is 0.181. The van der Waals surface area contributed by atoms with Crippen molar-refractivity contribution >= 4 is 39.0 Å². The van der Waals surface area contributed by atoms with E-state index < -0.39 is 17.5 Å². The zero-order valence-electron chi connectivity index (χ0n) is 26.4. The third-order valence-corrected chi connectivity index (χ3v) is 9.98. The van der Waals surface area contributed by atoms with Crippen molar-refractivity contribution in [2.75, 3.05) is 49.2 Å². The summed E-state index contributed by atoms with van der Waals surface area (Å²) in [5.41, 5.74) is 14.3. The molecule has 4 N–H and O–H groups in total. The minimum absolute atomic E-state index is 0.0114. The highest BCUT2D eigenvalue weighted by atomic mass is 19.1. The summed E-state index contributed by atoms with van der Waals surface area (Å²) >= 11 is 0. The summed E-state index contributed by atoms with van der Waals surface area (Å²) in [5, 5.41) is 1.68. The van der Waals surface area contributed by atoms with E-state index in [2.05, 4.69) is 20.8 Å². The summed E-state index contributed by atoms with van der Waals surface area (Å²) < 4.78 is 44.3. The van der Waals surface area contributed by atoms with E-state index >= 15 is 4.39 Å². The number of alkyl halides is 1. The molecule has 10 nitrogen and oxygen atoms in total. The van der Waals surface area contributed by atoms with Gasteiger partial charge in [0, 0.05) is 46.9 Å². The third-order valence-electron chi connectivity index (χ3n) is 9.98. The van der Waals surface area contributed by atoms with Gasteiger partial charge in [-0.1, -0.05) is 24.1 Å². The summed E-state index contributed by atoms with van der Waals surface area (Å²) in [7, 11) is 0. The molecule has 6 heterocycles. The fourth-order valence-electron chi connectivity index (χ4n) is 7.74. The van der Waals surface area contributed by atoms with Gasteiger partial charge in [0.1, 0.15) is 47.6 Å². The molecule has 0 unspecified atom stereocenters. The lowest BCUT2D eigenvalue weighted by Gasteiger charge is -2.32. The largest absolute Gasteiger partial charge is 0.475 e. The van der Waals surface area contributed by atoms with Gasteiger partial charge >= 0.3 is 6.01 Å². The molecule has 5 aromatic rings. The molecule has 2 fully saturated rings. The van der Waals surface area contributed by atoms with Crippen molar-refractivity contribution in [3.8, 4) is 35.5 Å². The van der Waals surface area contributed by atoms with Crippen molar-refractivity contribution in [1.82, 2.24) is 24.8 Å². The Morgan fingerprint density at radius 2 is 2.02 bits per heavy atom. The van der Waals surface area contributed by atoms with Crippen molar-refractivity contribution in [3.63, 3.8) is 0 Å². The van der Waals surface area contributed by atoms with E-state index in [1.165, 1.54) is 0 Å². The maximum absolute atomic E-state index is 17.1. The van der Waals surface area contributed by atoms with Gasteiger partial charge in [0.25, 0.3) is 0 Å². The first kappa shape index (κ1) is 30.1. The lowest BCUT2D eigenvalue weighted by Crippen LogP contribution is -2.43. The van der Waals surface area contributed by atoms with Crippen molar-refractivity contribution < 1.29 is 18.3 Å². The molecule has 3 atom stereocenters. The van der Waals surface area contributed by atoms with Crippen molar-refractivity contribution in [3.05, 3.63) is 65.6 Å². The Hall–Kier alpha value is -5.28. The molecule has 3 aliphatic heterocycles. The van der Waals surface area contributed by atoms with Gasteiger partial charge in [-0.3, -0.25) is 4.90 Å². The molecule has 3 aliphatic rings. The van der Waals surface area contributed by atoms with Gasteiger partial charge in [-0.2, -0.15) is 9.97 Å². The first-order valence-corrected chi connectivity index (χ1v) is 16.1. The number of terminal acetylenes is 1. The van der Waals surface area contributed by atoms with E-state index in [0.717, 1.165) is 30.3 Å². The van der Waals surface area contributed by atoms with Crippen molar-refractivity contribution in [1.29, 1.82) is 0 Å². The standard InChI is InChI=1S/C36H34F2N8O2/c1-3-21-7-4-8-22-15-24(39)16-26(27(21)22)30-29(38)31-28-33(44-35(43-31)48-19-36-10-6-12-45(36)18-23(37)17-36)46(13-14-47-34(28)42-30)20(2)25-9-5-11-41-32(25)40/h1,4-5,7-9,11,15-16,20,23H,6,10,12-14,17-19,39H2,2H3,(H2,40,41)/t20-,23-,36+/m1/s1. The lowest BCUT2D eigenvalue weighted by molar-refractivity contribution is 0.107. The summed E-state index contributed by atoms with van der Waals surface area (Å²) in [6, 6.07) is 12.3. The number of rotatable bonds is 6. The van der Waals surface area contributed by atoms with E-state index in [4.69, 9.17) is 37.3 Å². The van der Waals surface area contributed by atoms with E-state index in [-0.39, 0.29) is 42.4 Å². The molecule has 2 aromatic carbocycles. The Bertz CT molecular complexity index is 2140. The average molecular weight is 649 g/mol. The Morgan fingerprint density at radius 3 is 2.85 bits per heavy atom. The monoisotopic (exact) mass is 648 g/mol. The average Bonchev–Trinajstić information content (AvgIpc) is 3.54. The summed E-state index contributed by atoms with van der Waals surface area (Å²) in [6.07, 6.45) is 8.72. The van der Waals surface area contributed by atoms with Crippen molar-refractivity contribution in [2.24, 2.45) is 0 Å². The predicted octanol–water partition coefficient (Wildman–Crippen LogP) is 5.44. The number of aromatic nitrogens is 4. The van der Waals surface area contributed by atoms with Crippen LogP contribution in [0.5, 0.6) is 11.9 Å². The van der Waals surface area contributed by atoms with Gasteiger partial charge in [-0.25, -0.2) is 18.7 Å². The molecule has 8 rings (SSSR count). The number of anilines is 3. The number of nitrogens with zero attached hydrogens (tertiary/aromatic N) is 6. The fraction of sp³-hybridized carbons (Fsp3) is 0.333. The number of nitrogens with two attached hydrogens (primary N) is 2. The first-order valence-electron chi connectivity index (χ1n) is 16.1. The van der Waals surface area contributed by atoms with Crippen LogP contribution in [0.4, 0.5) is 26.1 Å². The molecular formula is C36H34F2N8O2. The topological polar surface area (TPSA) is 129 Å². The highest BCUT2D eigenvalue weighted by molar-refractivity contribution is 6.04. The number of benzene rings is 2. The zero-order valence-corrected chi connectivity index (χ0v) is 26.4. The predicted molar refractivity (Wildman–Crippen MR) is 181 cm³/mol. The summed E-state index contributed by atoms with van der Waals surface area (Å²) in [4.78, 5) is 22.7. The van der Waals surface area contributed by atoms with Crippen LogP contribution in [0.25, 0.3) is 32.9 Å². The van der Waals surface area contributed by atoms with Crippen LogP contribution in [-0.4, -0.2) is 69.4 Å². The van der Waals surface area contributed by atoms with Crippen LogP contribution >= 0.6 is 0 Å². The second-order valence-electron chi connectivity index (χ2n) is 12.8. The molecule has 0 radical (unpaired) electrons. The van der Waals surface area contributed by atoms with Gasteiger partial charge in [-0.15, -0.1) is 6.42 Å². The molecule has 48 heavy (non-hydrogen) atoms. The maximum Gasteiger partial charge on any atom is 0.319 e. The first-order chi connectivity index (χ1) is 23.3. The molecule has 2 saturated heterocycles. The van der Waals surface area contributed by atoms with Crippen molar-refractivity contribution in [2.45, 2.75) is 43.9 Å². The van der Waals surface area contributed by atoms with Gasteiger partial charge in [0.15, 0.2) is 5.82 Å². The van der Waals surface area contributed by atoms with Crippen LogP contribution in [-0.2, 0) is 0 Å². The Labute approximate surface area is 276 Å². The molecule has 0 spiro atoms.